The predicted molar refractivity (Wildman–Crippen MR) is 105 cm³/mol. The molecule has 1 fully saturated rings. The molecule has 2 aromatic carbocycles. The van der Waals surface area contributed by atoms with Gasteiger partial charge in [0.2, 0.25) is 5.91 Å². The molecule has 2 N–H and O–H groups in total. The third-order valence-electron chi connectivity index (χ3n) is 4.66. The molecule has 1 saturated heterocycles. The van der Waals surface area contributed by atoms with Crippen molar-refractivity contribution >= 4 is 23.5 Å². The number of carbonyl (C=O) groups is 3. The highest BCUT2D eigenvalue weighted by molar-refractivity contribution is 6.10. The van der Waals surface area contributed by atoms with Crippen molar-refractivity contribution in [1.29, 1.82) is 5.26 Å². The molecule has 148 valence electrons. The number of hydrogen-bond donors (Lipinski definition) is 2. The first-order valence-electron chi connectivity index (χ1n) is 8.92. The molecule has 29 heavy (non-hydrogen) atoms. The number of hydrogen-bond acceptors (Lipinski definition) is 5. The number of carbonyl (C=O) groups excluding carboxylic acids is 3. The number of ether oxygens (including phenoxy) is 1. The molecular weight excluding hydrogens is 372 g/mol. The third-order valence-corrected chi connectivity index (χ3v) is 4.66. The third kappa shape index (κ3) is 4.19. The van der Waals surface area contributed by atoms with Gasteiger partial charge in [0.25, 0.3) is 5.91 Å². The fourth-order valence-corrected chi connectivity index (χ4v) is 3.25. The van der Waals surface area contributed by atoms with Crippen molar-refractivity contribution in [2.45, 2.75) is 18.9 Å². The minimum atomic E-state index is -1.19. The van der Waals surface area contributed by atoms with Crippen LogP contribution in [0.25, 0.3) is 0 Å². The summed E-state index contributed by atoms with van der Waals surface area (Å²) in [6, 6.07) is 15.0. The first-order valence-corrected chi connectivity index (χ1v) is 8.92. The second-order valence-corrected chi connectivity index (χ2v) is 6.88. The highest BCUT2D eigenvalue weighted by Gasteiger charge is 2.48. The van der Waals surface area contributed by atoms with Crippen molar-refractivity contribution in [2.75, 3.05) is 19.0 Å². The highest BCUT2D eigenvalue weighted by Crippen LogP contribution is 2.27. The van der Waals surface area contributed by atoms with Gasteiger partial charge in [0.05, 0.1) is 18.7 Å². The number of imide groups is 1. The Kier molecular flexibility index (Phi) is 5.50. The van der Waals surface area contributed by atoms with E-state index < -0.39 is 29.9 Å². The maximum atomic E-state index is 12.9. The molecule has 0 saturated carbocycles. The van der Waals surface area contributed by atoms with E-state index in [-0.39, 0.29) is 6.42 Å². The quantitative estimate of drug-likeness (QED) is 0.731. The molecule has 0 aliphatic carbocycles. The normalized spacial score (nSPS) is 18.2. The average Bonchev–Trinajstić information content (AvgIpc) is 2.91. The maximum absolute atomic E-state index is 12.9. The Morgan fingerprint density at radius 1 is 1.24 bits per heavy atom. The number of nitriles is 1. The van der Waals surface area contributed by atoms with E-state index in [0.29, 0.717) is 17.0 Å². The van der Waals surface area contributed by atoms with E-state index >= 15 is 0 Å². The molecule has 3 rings (SSSR count). The molecule has 0 unspecified atom stereocenters. The maximum Gasteiger partial charge on any atom is 0.325 e. The molecule has 0 aromatic heterocycles. The highest BCUT2D eigenvalue weighted by atomic mass is 16.5. The molecule has 0 spiro atoms. The van der Waals surface area contributed by atoms with Crippen molar-refractivity contribution in [3.63, 3.8) is 0 Å². The summed E-state index contributed by atoms with van der Waals surface area (Å²) in [5.41, 5.74) is 0.387. The Balaban J connectivity index is 1.71. The molecule has 8 heteroatoms. The van der Waals surface area contributed by atoms with E-state index in [4.69, 9.17) is 10.00 Å². The van der Waals surface area contributed by atoms with Crippen LogP contribution in [0.2, 0.25) is 0 Å². The Hall–Kier alpha value is -3.86. The van der Waals surface area contributed by atoms with Gasteiger partial charge in [0.1, 0.15) is 17.8 Å². The molecule has 1 aliphatic rings. The molecule has 0 radical (unpaired) electrons. The lowest BCUT2D eigenvalue weighted by molar-refractivity contribution is -0.133. The van der Waals surface area contributed by atoms with Gasteiger partial charge >= 0.3 is 6.03 Å². The van der Waals surface area contributed by atoms with Crippen LogP contribution in [-0.2, 0) is 16.0 Å². The minimum absolute atomic E-state index is 0.226. The summed E-state index contributed by atoms with van der Waals surface area (Å²) in [5, 5.41) is 14.2. The number of para-hydroxylation sites is 1. The molecule has 0 bridgehead atoms. The van der Waals surface area contributed by atoms with Crippen molar-refractivity contribution in [3.8, 4) is 11.8 Å². The summed E-state index contributed by atoms with van der Waals surface area (Å²) in [6.07, 6.45) is 0.226. The second-order valence-electron chi connectivity index (χ2n) is 6.88. The van der Waals surface area contributed by atoms with Crippen LogP contribution in [0.15, 0.2) is 48.5 Å². The SMILES string of the molecule is COc1ccccc1C[C@]1(C)NC(=O)N(CC(=O)Nc2cccc(C#N)c2)C1=O. The Morgan fingerprint density at radius 3 is 2.72 bits per heavy atom. The van der Waals surface area contributed by atoms with Crippen LogP contribution >= 0.6 is 0 Å². The fraction of sp³-hybridized carbons (Fsp3) is 0.238. The number of benzene rings is 2. The van der Waals surface area contributed by atoms with E-state index in [0.717, 1.165) is 10.5 Å². The predicted octanol–water partition coefficient (Wildman–Crippen LogP) is 2.06. The summed E-state index contributed by atoms with van der Waals surface area (Å²) < 4.78 is 5.31. The topological polar surface area (TPSA) is 112 Å². The number of nitrogens with zero attached hydrogens (tertiary/aromatic N) is 2. The van der Waals surface area contributed by atoms with Crippen LogP contribution in [0.1, 0.15) is 18.1 Å². The summed E-state index contributed by atoms with van der Waals surface area (Å²) in [4.78, 5) is 38.5. The Morgan fingerprint density at radius 2 is 2.00 bits per heavy atom. The van der Waals surface area contributed by atoms with Crippen molar-refractivity contribution < 1.29 is 19.1 Å². The summed E-state index contributed by atoms with van der Waals surface area (Å²) >= 11 is 0. The molecule has 1 atom stereocenters. The Labute approximate surface area is 168 Å². The molecular formula is C21H20N4O4. The van der Waals surface area contributed by atoms with Gasteiger partial charge in [-0.3, -0.25) is 14.5 Å². The van der Waals surface area contributed by atoms with Gasteiger partial charge in [-0.15, -0.1) is 0 Å². The zero-order valence-electron chi connectivity index (χ0n) is 16.1. The number of urea groups is 1. The molecule has 4 amide bonds. The molecule has 8 nitrogen and oxygen atoms in total. The summed E-state index contributed by atoms with van der Waals surface area (Å²) in [5.74, 6) is -0.413. The first-order chi connectivity index (χ1) is 13.9. The van der Waals surface area contributed by atoms with Crippen LogP contribution in [0.5, 0.6) is 5.75 Å². The van der Waals surface area contributed by atoms with Crippen LogP contribution in [0, 0.1) is 11.3 Å². The van der Waals surface area contributed by atoms with Gasteiger partial charge in [0.15, 0.2) is 0 Å². The van der Waals surface area contributed by atoms with Gasteiger partial charge in [-0.1, -0.05) is 24.3 Å². The van der Waals surface area contributed by atoms with Gasteiger partial charge < -0.3 is 15.4 Å². The second kappa shape index (κ2) is 8.02. The van der Waals surface area contributed by atoms with Gasteiger partial charge in [-0.2, -0.15) is 5.26 Å². The largest absolute Gasteiger partial charge is 0.496 e. The summed E-state index contributed by atoms with van der Waals surface area (Å²) in [7, 11) is 1.54. The number of nitrogens with one attached hydrogen (secondary N) is 2. The van der Waals surface area contributed by atoms with Crippen molar-refractivity contribution in [2.24, 2.45) is 0 Å². The molecule has 2 aromatic rings. The van der Waals surface area contributed by atoms with E-state index in [9.17, 15) is 14.4 Å². The van der Waals surface area contributed by atoms with Crippen molar-refractivity contribution in [3.05, 3.63) is 59.7 Å². The van der Waals surface area contributed by atoms with Crippen molar-refractivity contribution in [1.82, 2.24) is 10.2 Å². The number of anilines is 1. The smallest absolute Gasteiger partial charge is 0.325 e. The standard InChI is InChI=1S/C21H20N4O4/c1-21(11-15-7-3-4-9-17(15)29-2)19(27)25(20(28)24-21)13-18(26)23-16-8-5-6-14(10-16)12-22/h3-10H,11,13H2,1-2H3,(H,23,26)(H,24,28)/t21-/m0/s1. The van der Waals surface area contributed by atoms with Gasteiger partial charge in [0, 0.05) is 12.1 Å². The van der Waals surface area contributed by atoms with E-state index in [1.807, 2.05) is 24.3 Å². The monoisotopic (exact) mass is 392 g/mol. The zero-order valence-corrected chi connectivity index (χ0v) is 16.1. The fourth-order valence-electron chi connectivity index (χ4n) is 3.25. The Bertz CT molecular complexity index is 1010. The number of methoxy groups -OCH3 is 1. The van der Waals surface area contributed by atoms with Gasteiger partial charge in [-0.25, -0.2) is 4.79 Å². The lowest BCUT2D eigenvalue weighted by Crippen LogP contribution is -2.46. The first kappa shape index (κ1) is 19.9. The molecule has 1 aliphatic heterocycles. The zero-order chi connectivity index (χ0) is 21.0. The van der Waals surface area contributed by atoms with E-state index in [2.05, 4.69) is 10.6 Å². The number of amides is 4. The van der Waals surface area contributed by atoms with Crippen LogP contribution in [0.4, 0.5) is 10.5 Å². The van der Waals surface area contributed by atoms with Crippen LogP contribution < -0.4 is 15.4 Å². The lowest BCUT2D eigenvalue weighted by atomic mass is 9.92. The summed E-state index contributed by atoms with van der Waals surface area (Å²) in [6.45, 7) is 1.19. The van der Waals surface area contributed by atoms with Crippen LogP contribution in [0.3, 0.4) is 0 Å². The van der Waals surface area contributed by atoms with Crippen LogP contribution in [-0.4, -0.2) is 41.9 Å². The van der Waals surface area contributed by atoms with E-state index in [1.165, 1.54) is 13.2 Å². The average molecular weight is 392 g/mol. The lowest BCUT2D eigenvalue weighted by Gasteiger charge is -2.22. The van der Waals surface area contributed by atoms with Gasteiger partial charge in [-0.05, 0) is 36.8 Å². The van der Waals surface area contributed by atoms with E-state index in [1.54, 1.807) is 31.2 Å². The number of rotatable bonds is 6. The molecule has 1 heterocycles. The minimum Gasteiger partial charge on any atom is -0.496 e.